The molecule has 0 aliphatic rings. The lowest BCUT2D eigenvalue weighted by molar-refractivity contribution is 0.800. The maximum absolute atomic E-state index is 6.25. The van der Waals surface area contributed by atoms with E-state index in [-0.39, 0.29) is 6.04 Å². The quantitative estimate of drug-likeness (QED) is 0.617. The minimum Gasteiger partial charge on any atom is -0.374 e. The molecule has 1 atom stereocenters. The van der Waals surface area contributed by atoms with Crippen LogP contribution in [0, 0.1) is 6.92 Å². The smallest absolute Gasteiger partial charge is 0.152 e. The monoisotopic (exact) mass is 334 g/mol. The summed E-state index contributed by atoms with van der Waals surface area (Å²) in [4.78, 5) is 6.85. The molecule has 3 heterocycles. The Kier molecular flexibility index (Phi) is 4.58. The van der Waals surface area contributed by atoms with E-state index in [9.17, 15) is 0 Å². The number of anilines is 1. The molecule has 0 aliphatic carbocycles. The van der Waals surface area contributed by atoms with E-state index >= 15 is 0 Å². The van der Waals surface area contributed by atoms with E-state index in [1.54, 1.807) is 28.9 Å². The molecule has 0 aliphatic heterocycles. The Balaban J connectivity index is 1.89. The number of hydrogen-bond acceptors (Lipinski definition) is 4. The van der Waals surface area contributed by atoms with Gasteiger partial charge in [-0.3, -0.25) is 0 Å². The molecule has 3 aromatic rings. The van der Waals surface area contributed by atoms with E-state index in [1.807, 2.05) is 13.0 Å². The topological polar surface area (TPSA) is 24.9 Å². The van der Waals surface area contributed by atoms with E-state index < -0.39 is 0 Å². The van der Waals surface area contributed by atoms with Crippen molar-refractivity contribution < 1.29 is 0 Å². The minimum absolute atomic E-state index is 0.212. The van der Waals surface area contributed by atoms with Crippen molar-refractivity contribution in [3.63, 3.8) is 0 Å². The van der Waals surface area contributed by atoms with Crippen LogP contribution in [-0.4, -0.2) is 4.98 Å². The molecule has 0 fully saturated rings. The van der Waals surface area contributed by atoms with Gasteiger partial charge in [0.25, 0.3) is 0 Å². The molecule has 5 heteroatoms. The van der Waals surface area contributed by atoms with E-state index in [4.69, 9.17) is 11.6 Å². The molecule has 0 bridgehead atoms. The minimum atomic E-state index is 0.212. The van der Waals surface area contributed by atoms with Gasteiger partial charge in [0.2, 0.25) is 0 Å². The third-order valence-corrected chi connectivity index (χ3v) is 5.47. The van der Waals surface area contributed by atoms with Crippen molar-refractivity contribution in [2.45, 2.75) is 19.4 Å². The summed E-state index contributed by atoms with van der Waals surface area (Å²) in [6.45, 7) is 2.05. The molecule has 0 spiro atoms. The second kappa shape index (κ2) is 6.60. The lowest BCUT2D eigenvalue weighted by Crippen LogP contribution is -2.13. The normalized spacial score (nSPS) is 12.3. The first kappa shape index (κ1) is 14.6. The lowest BCUT2D eigenvalue weighted by Gasteiger charge is -2.20. The Morgan fingerprint density at radius 1 is 1.19 bits per heavy atom. The fraction of sp³-hybridized carbons (Fsp3) is 0.188. The van der Waals surface area contributed by atoms with Gasteiger partial charge in [0.1, 0.15) is 0 Å². The van der Waals surface area contributed by atoms with E-state index in [2.05, 4.69) is 45.3 Å². The predicted molar refractivity (Wildman–Crippen MR) is 92.7 cm³/mol. The zero-order chi connectivity index (χ0) is 14.7. The molecule has 0 amide bonds. The Morgan fingerprint density at radius 2 is 2.00 bits per heavy atom. The highest BCUT2D eigenvalue weighted by Crippen LogP contribution is 2.32. The molecule has 2 nitrogen and oxygen atoms in total. The first-order chi connectivity index (χ1) is 10.2. The maximum Gasteiger partial charge on any atom is 0.152 e. The van der Waals surface area contributed by atoms with Gasteiger partial charge in [-0.2, -0.15) is 0 Å². The van der Waals surface area contributed by atoms with Crippen LogP contribution in [0.25, 0.3) is 0 Å². The number of nitrogens with zero attached hydrogens (tertiary/aromatic N) is 1. The van der Waals surface area contributed by atoms with Crippen molar-refractivity contribution in [1.82, 2.24) is 4.98 Å². The van der Waals surface area contributed by atoms with Gasteiger partial charge in [0.05, 0.1) is 11.7 Å². The van der Waals surface area contributed by atoms with Crippen molar-refractivity contribution >= 4 is 40.0 Å². The first-order valence-electron chi connectivity index (χ1n) is 6.67. The van der Waals surface area contributed by atoms with Gasteiger partial charge >= 0.3 is 0 Å². The number of rotatable bonds is 5. The molecule has 3 rings (SSSR count). The summed E-state index contributed by atoms with van der Waals surface area (Å²) in [6, 6.07) is 10.7. The Morgan fingerprint density at radius 3 is 2.67 bits per heavy atom. The Labute approximate surface area is 137 Å². The van der Waals surface area contributed by atoms with Crippen molar-refractivity contribution in [2.24, 2.45) is 0 Å². The summed E-state index contributed by atoms with van der Waals surface area (Å²) in [6.07, 6.45) is 2.69. The summed E-state index contributed by atoms with van der Waals surface area (Å²) in [5.41, 5.74) is 2.04. The number of hydrogen-bond donors (Lipinski definition) is 1. The van der Waals surface area contributed by atoms with Crippen LogP contribution < -0.4 is 5.32 Å². The third kappa shape index (κ3) is 3.46. The molecule has 0 saturated heterocycles. The highest BCUT2D eigenvalue weighted by molar-refractivity contribution is 7.10. The SMILES string of the molecule is Cc1ccnc(Cl)c1NC(Cc1cccs1)c1cccs1. The van der Waals surface area contributed by atoms with Crippen LogP contribution in [0.4, 0.5) is 5.69 Å². The summed E-state index contributed by atoms with van der Waals surface area (Å²) < 4.78 is 0. The van der Waals surface area contributed by atoms with Crippen LogP contribution in [0.15, 0.2) is 47.3 Å². The van der Waals surface area contributed by atoms with Crippen LogP contribution in [0.2, 0.25) is 5.15 Å². The molecule has 21 heavy (non-hydrogen) atoms. The largest absolute Gasteiger partial charge is 0.374 e. The van der Waals surface area contributed by atoms with Gasteiger partial charge < -0.3 is 5.32 Å². The Hall–Kier alpha value is -1.36. The number of pyridine rings is 1. The number of thiophene rings is 2. The van der Waals surface area contributed by atoms with Crippen LogP contribution in [0.3, 0.4) is 0 Å². The van der Waals surface area contributed by atoms with E-state index in [1.165, 1.54) is 9.75 Å². The third-order valence-electron chi connectivity index (χ3n) is 3.30. The molecular formula is C16H15ClN2S2. The van der Waals surface area contributed by atoms with Crippen molar-refractivity contribution in [1.29, 1.82) is 0 Å². The van der Waals surface area contributed by atoms with E-state index in [0.717, 1.165) is 17.7 Å². The number of aryl methyl sites for hydroxylation is 1. The maximum atomic E-state index is 6.25. The van der Waals surface area contributed by atoms with Gasteiger partial charge in [-0.15, -0.1) is 22.7 Å². The molecule has 3 aromatic heterocycles. The standard InChI is InChI=1S/C16H15ClN2S2/c1-11-6-7-18-16(17)15(11)19-13(14-5-3-9-21-14)10-12-4-2-8-20-12/h2-9,13,19H,10H2,1H3. The van der Waals surface area contributed by atoms with Crippen molar-refractivity contribution in [2.75, 3.05) is 5.32 Å². The second-order valence-electron chi connectivity index (χ2n) is 4.79. The summed E-state index contributed by atoms with van der Waals surface area (Å²) >= 11 is 9.80. The fourth-order valence-electron chi connectivity index (χ4n) is 2.21. The summed E-state index contributed by atoms with van der Waals surface area (Å²) in [7, 11) is 0. The van der Waals surface area contributed by atoms with Crippen molar-refractivity contribution in [3.8, 4) is 0 Å². The van der Waals surface area contributed by atoms with Crippen molar-refractivity contribution in [3.05, 3.63) is 67.8 Å². The molecule has 1 N–H and O–H groups in total. The van der Waals surface area contributed by atoms with Crippen LogP contribution in [-0.2, 0) is 6.42 Å². The van der Waals surface area contributed by atoms with Crippen LogP contribution in [0.1, 0.15) is 21.4 Å². The average Bonchev–Trinajstić information content (AvgIpc) is 3.14. The second-order valence-corrected chi connectivity index (χ2v) is 7.16. The van der Waals surface area contributed by atoms with Crippen LogP contribution >= 0.6 is 34.3 Å². The lowest BCUT2D eigenvalue weighted by atomic mass is 10.1. The Bertz CT molecular complexity index is 673. The number of halogens is 1. The summed E-state index contributed by atoms with van der Waals surface area (Å²) in [5.74, 6) is 0. The molecule has 1 unspecified atom stereocenters. The molecule has 108 valence electrons. The highest BCUT2D eigenvalue weighted by Gasteiger charge is 2.17. The average molecular weight is 335 g/mol. The van der Waals surface area contributed by atoms with Gasteiger partial charge in [0, 0.05) is 22.4 Å². The molecule has 0 aromatic carbocycles. The van der Waals surface area contributed by atoms with Crippen LogP contribution in [0.5, 0.6) is 0 Å². The molecule has 0 saturated carbocycles. The zero-order valence-corrected chi connectivity index (χ0v) is 13.9. The van der Waals surface area contributed by atoms with Gasteiger partial charge in [-0.25, -0.2) is 4.98 Å². The number of nitrogens with one attached hydrogen (secondary N) is 1. The fourth-order valence-corrected chi connectivity index (χ4v) is 4.00. The zero-order valence-electron chi connectivity index (χ0n) is 11.5. The van der Waals surface area contributed by atoms with Gasteiger partial charge in [-0.1, -0.05) is 23.7 Å². The van der Waals surface area contributed by atoms with Gasteiger partial charge in [-0.05, 0) is 41.4 Å². The van der Waals surface area contributed by atoms with Gasteiger partial charge in [0.15, 0.2) is 5.15 Å². The van der Waals surface area contributed by atoms with E-state index in [0.29, 0.717) is 5.15 Å². The first-order valence-corrected chi connectivity index (χ1v) is 8.81. The number of aromatic nitrogens is 1. The molecular weight excluding hydrogens is 320 g/mol. The molecule has 0 radical (unpaired) electrons. The summed E-state index contributed by atoms with van der Waals surface area (Å²) in [5, 5.41) is 8.33. The highest BCUT2D eigenvalue weighted by atomic mass is 35.5. The predicted octanol–water partition coefficient (Wildman–Crippen LogP) is 5.56.